The lowest BCUT2D eigenvalue weighted by atomic mass is 10.1. The van der Waals surface area contributed by atoms with E-state index in [-0.39, 0.29) is 17.8 Å². The molecule has 2 aromatic rings. The summed E-state index contributed by atoms with van der Waals surface area (Å²) in [7, 11) is 0. The molecular weight excluding hydrogens is 254 g/mol. The van der Waals surface area contributed by atoms with Gasteiger partial charge in [0.2, 0.25) is 0 Å². The minimum absolute atomic E-state index is 0.177. The van der Waals surface area contributed by atoms with Crippen LogP contribution in [0.25, 0.3) is 0 Å². The van der Waals surface area contributed by atoms with Gasteiger partial charge >= 0.3 is 12.5 Å². The molecule has 2 rings (SSSR count). The number of aromatic nitrogens is 2. The van der Waals surface area contributed by atoms with Crippen molar-refractivity contribution in [3.63, 3.8) is 0 Å². The first kappa shape index (κ1) is 13.2. The van der Waals surface area contributed by atoms with Crippen molar-refractivity contribution >= 4 is 5.97 Å². The second kappa shape index (κ2) is 5.17. The predicted octanol–water partition coefficient (Wildman–Crippen LogP) is 2.88. The fourth-order valence-electron chi connectivity index (χ4n) is 1.75. The van der Waals surface area contributed by atoms with Crippen LogP contribution in [-0.4, -0.2) is 20.9 Å². The van der Waals surface area contributed by atoms with Crippen molar-refractivity contribution in [1.82, 2.24) is 9.78 Å². The van der Waals surface area contributed by atoms with Gasteiger partial charge in [0.05, 0.1) is 0 Å². The molecule has 0 bridgehead atoms. The number of aromatic carboxylic acids is 1. The molecular formula is C13H12F2N2O2. The zero-order chi connectivity index (χ0) is 14.0. The highest BCUT2D eigenvalue weighted by Crippen LogP contribution is 2.18. The molecule has 0 radical (unpaired) electrons. The second-order valence-electron chi connectivity index (χ2n) is 4.21. The van der Waals surface area contributed by atoms with Crippen molar-refractivity contribution in [2.45, 2.75) is 19.9 Å². The van der Waals surface area contributed by atoms with Crippen LogP contribution in [0.2, 0.25) is 0 Å². The molecule has 6 heteroatoms. The molecule has 0 saturated heterocycles. The molecule has 0 aliphatic carbocycles. The average Bonchev–Trinajstić information content (AvgIpc) is 2.76. The molecule has 1 heterocycles. The predicted molar refractivity (Wildman–Crippen MR) is 64.4 cm³/mol. The summed E-state index contributed by atoms with van der Waals surface area (Å²) in [6.07, 6.45) is 0.213. The number of carbonyl (C=O) groups is 1. The fourth-order valence-corrected chi connectivity index (χ4v) is 1.75. The summed E-state index contributed by atoms with van der Waals surface area (Å²) in [4.78, 5) is 10.8. The summed E-state index contributed by atoms with van der Waals surface area (Å²) in [6.45, 7) is -0.927. The quantitative estimate of drug-likeness (QED) is 0.925. The molecule has 4 nitrogen and oxygen atoms in total. The van der Waals surface area contributed by atoms with Crippen LogP contribution in [0.5, 0.6) is 0 Å². The number of alkyl halides is 2. The lowest BCUT2D eigenvalue weighted by molar-refractivity contribution is 0.0521. The van der Waals surface area contributed by atoms with Gasteiger partial charge in [0.25, 0.3) is 0 Å². The molecule has 0 aliphatic heterocycles. The molecule has 1 N–H and O–H groups in total. The Morgan fingerprint density at radius 2 is 2.00 bits per heavy atom. The Kier molecular flexibility index (Phi) is 3.59. The van der Waals surface area contributed by atoms with Crippen LogP contribution in [0.4, 0.5) is 8.78 Å². The van der Waals surface area contributed by atoms with Crippen molar-refractivity contribution in [1.29, 1.82) is 0 Å². The minimum atomic E-state index is -2.85. The molecule has 0 fully saturated rings. The van der Waals surface area contributed by atoms with E-state index in [9.17, 15) is 13.6 Å². The molecule has 1 aromatic carbocycles. The van der Waals surface area contributed by atoms with Gasteiger partial charge in [-0.25, -0.2) is 9.48 Å². The molecule has 100 valence electrons. The lowest BCUT2D eigenvalue weighted by Crippen LogP contribution is -2.07. The van der Waals surface area contributed by atoms with E-state index in [0.717, 1.165) is 11.1 Å². The summed E-state index contributed by atoms with van der Waals surface area (Å²) < 4.78 is 26.0. The number of hydrogen-bond donors (Lipinski definition) is 1. The number of nitrogens with zero attached hydrogens (tertiary/aromatic N) is 2. The first-order valence-corrected chi connectivity index (χ1v) is 5.63. The number of benzene rings is 1. The maximum Gasteiger partial charge on any atom is 0.356 e. The maximum atomic E-state index is 12.8. The van der Waals surface area contributed by atoms with Gasteiger partial charge in [-0.1, -0.05) is 29.8 Å². The number of carboxylic acids is 1. The van der Waals surface area contributed by atoms with E-state index in [2.05, 4.69) is 5.10 Å². The zero-order valence-corrected chi connectivity index (χ0v) is 10.2. The summed E-state index contributed by atoms with van der Waals surface area (Å²) in [5, 5.41) is 12.2. The third-order valence-corrected chi connectivity index (χ3v) is 2.72. The van der Waals surface area contributed by atoms with E-state index in [1.165, 1.54) is 6.07 Å². The van der Waals surface area contributed by atoms with E-state index >= 15 is 0 Å². The number of rotatable bonds is 4. The maximum absolute atomic E-state index is 12.8. The highest BCUT2D eigenvalue weighted by molar-refractivity contribution is 5.85. The van der Waals surface area contributed by atoms with Crippen molar-refractivity contribution in [2.24, 2.45) is 0 Å². The third-order valence-electron chi connectivity index (χ3n) is 2.72. The molecule has 0 aliphatic rings. The van der Waals surface area contributed by atoms with Crippen LogP contribution in [0, 0.1) is 6.92 Å². The van der Waals surface area contributed by atoms with Crippen LogP contribution in [0.3, 0.4) is 0 Å². The molecule has 19 heavy (non-hydrogen) atoms. The fraction of sp³-hybridized carbons (Fsp3) is 0.231. The van der Waals surface area contributed by atoms with Gasteiger partial charge in [0.1, 0.15) is 0 Å². The Morgan fingerprint density at radius 1 is 1.37 bits per heavy atom. The van der Waals surface area contributed by atoms with E-state index in [4.69, 9.17) is 5.11 Å². The van der Waals surface area contributed by atoms with Crippen molar-refractivity contribution in [3.05, 3.63) is 52.8 Å². The van der Waals surface area contributed by atoms with E-state index < -0.39 is 12.5 Å². The highest BCUT2D eigenvalue weighted by atomic mass is 19.3. The van der Waals surface area contributed by atoms with Gasteiger partial charge in [0.15, 0.2) is 5.69 Å². The summed E-state index contributed by atoms with van der Waals surface area (Å²) in [5.74, 6) is -1.32. The van der Waals surface area contributed by atoms with Crippen LogP contribution in [0.15, 0.2) is 30.3 Å². The zero-order valence-electron chi connectivity index (χ0n) is 10.2. The number of halogens is 2. The Labute approximate surface area is 108 Å². The minimum Gasteiger partial charge on any atom is -0.476 e. The SMILES string of the molecule is Cc1ccc(Cc2cc(C(=O)O)nn2C(F)F)cc1. The van der Waals surface area contributed by atoms with Crippen molar-refractivity contribution in [2.75, 3.05) is 0 Å². The van der Waals surface area contributed by atoms with Crippen molar-refractivity contribution < 1.29 is 18.7 Å². The summed E-state index contributed by atoms with van der Waals surface area (Å²) in [6, 6.07) is 8.55. The van der Waals surface area contributed by atoms with E-state index in [1.807, 2.05) is 31.2 Å². The van der Waals surface area contributed by atoms with Crippen LogP contribution >= 0.6 is 0 Å². The Morgan fingerprint density at radius 3 is 2.53 bits per heavy atom. The molecule has 0 spiro atoms. The summed E-state index contributed by atoms with van der Waals surface area (Å²) in [5.41, 5.74) is 1.69. The van der Waals surface area contributed by atoms with Gasteiger partial charge in [0, 0.05) is 12.1 Å². The lowest BCUT2D eigenvalue weighted by Gasteiger charge is -2.06. The largest absolute Gasteiger partial charge is 0.476 e. The first-order valence-electron chi connectivity index (χ1n) is 5.63. The molecule has 0 unspecified atom stereocenters. The number of hydrogen-bond acceptors (Lipinski definition) is 2. The third kappa shape index (κ3) is 2.96. The Bertz CT molecular complexity index is 591. The molecule has 0 saturated carbocycles. The van der Waals surface area contributed by atoms with E-state index in [0.29, 0.717) is 4.68 Å². The smallest absolute Gasteiger partial charge is 0.356 e. The van der Waals surface area contributed by atoms with Crippen molar-refractivity contribution in [3.8, 4) is 0 Å². The first-order chi connectivity index (χ1) is 8.97. The van der Waals surface area contributed by atoms with E-state index in [1.54, 1.807) is 0 Å². The summed E-state index contributed by atoms with van der Waals surface area (Å²) >= 11 is 0. The topological polar surface area (TPSA) is 55.1 Å². The second-order valence-corrected chi connectivity index (χ2v) is 4.21. The average molecular weight is 266 g/mol. The van der Waals surface area contributed by atoms with Crippen LogP contribution in [-0.2, 0) is 6.42 Å². The standard InChI is InChI=1S/C13H12F2N2O2/c1-8-2-4-9(5-3-8)6-10-7-11(12(18)19)16-17(10)13(14)15/h2-5,7,13H,6H2,1H3,(H,18,19). The highest BCUT2D eigenvalue weighted by Gasteiger charge is 2.18. The van der Waals surface area contributed by atoms with Gasteiger partial charge in [-0.3, -0.25) is 0 Å². The number of carboxylic acid groups (broad SMARTS) is 1. The van der Waals surface area contributed by atoms with Crippen LogP contribution in [0.1, 0.15) is 33.9 Å². The Hall–Kier alpha value is -2.24. The van der Waals surface area contributed by atoms with Gasteiger partial charge in [-0.2, -0.15) is 13.9 Å². The number of aryl methyl sites for hydroxylation is 1. The molecule has 0 atom stereocenters. The van der Waals surface area contributed by atoms with Crippen LogP contribution < -0.4 is 0 Å². The molecule has 1 aromatic heterocycles. The van der Waals surface area contributed by atoms with Gasteiger partial charge in [-0.15, -0.1) is 0 Å². The van der Waals surface area contributed by atoms with Gasteiger partial charge < -0.3 is 5.11 Å². The van der Waals surface area contributed by atoms with Gasteiger partial charge in [-0.05, 0) is 18.6 Å². The Balaban J connectivity index is 2.32. The molecule has 0 amide bonds. The monoisotopic (exact) mass is 266 g/mol. The normalized spacial score (nSPS) is 10.9.